The van der Waals surface area contributed by atoms with Crippen molar-refractivity contribution in [1.82, 2.24) is 9.55 Å². The lowest BCUT2D eigenvalue weighted by Crippen LogP contribution is -2.15. The summed E-state index contributed by atoms with van der Waals surface area (Å²) in [4.78, 5) is 26.9. The number of nitro groups is 1. The maximum Gasteiger partial charge on any atom is 0.269 e. The molecule has 1 N–H and O–H groups in total. The summed E-state index contributed by atoms with van der Waals surface area (Å²) in [5, 5.41) is 14.9. The van der Waals surface area contributed by atoms with Crippen molar-refractivity contribution in [3.63, 3.8) is 0 Å². The molecule has 0 aliphatic heterocycles. The summed E-state index contributed by atoms with van der Waals surface area (Å²) in [6.07, 6.45) is 3.47. The largest absolute Gasteiger partial charge is 0.325 e. The van der Waals surface area contributed by atoms with Gasteiger partial charge in [-0.3, -0.25) is 19.5 Å². The molecule has 0 saturated carbocycles. The molecule has 27 heavy (non-hydrogen) atoms. The zero-order valence-corrected chi connectivity index (χ0v) is 15.8. The maximum atomic E-state index is 12.3. The molecule has 0 spiro atoms. The van der Waals surface area contributed by atoms with Gasteiger partial charge in [-0.2, -0.15) is 0 Å². The van der Waals surface area contributed by atoms with Crippen LogP contribution in [0.25, 0.3) is 5.69 Å². The number of rotatable bonds is 6. The smallest absolute Gasteiger partial charge is 0.269 e. The van der Waals surface area contributed by atoms with E-state index < -0.39 is 4.92 Å². The van der Waals surface area contributed by atoms with Crippen molar-refractivity contribution < 1.29 is 9.72 Å². The van der Waals surface area contributed by atoms with Crippen LogP contribution in [0, 0.1) is 17.0 Å². The van der Waals surface area contributed by atoms with Gasteiger partial charge in [0.05, 0.1) is 10.7 Å². The molecular weight excluding hydrogens is 388 g/mol. The molecule has 0 atom stereocenters. The number of hydrogen-bond donors (Lipinski definition) is 1. The third-order valence-corrected chi connectivity index (χ3v) is 4.96. The molecule has 7 nitrogen and oxygen atoms in total. The molecular formula is C18H15ClN4O3S. The molecule has 2 aromatic carbocycles. The molecule has 3 aromatic rings. The Balaban J connectivity index is 1.64. The summed E-state index contributed by atoms with van der Waals surface area (Å²) < 4.78 is 1.87. The fourth-order valence-electron chi connectivity index (χ4n) is 2.41. The predicted molar refractivity (Wildman–Crippen MR) is 106 cm³/mol. The van der Waals surface area contributed by atoms with Crippen LogP contribution < -0.4 is 5.32 Å². The number of nitrogens with zero attached hydrogens (tertiary/aromatic N) is 3. The van der Waals surface area contributed by atoms with Crippen molar-refractivity contribution in [2.24, 2.45) is 0 Å². The van der Waals surface area contributed by atoms with Gasteiger partial charge in [0.1, 0.15) is 0 Å². The van der Waals surface area contributed by atoms with Gasteiger partial charge in [-0.1, -0.05) is 23.4 Å². The minimum atomic E-state index is -0.467. The molecule has 1 heterocycles. The second-order valence-electron chi connectivity index (χ2n) is 5.65. The Morgan fingerprint density at radius 2 is 2.04 bits per heavy atom. The summed E-state index contributed by atoms with van der Waals surface area (Å²) in [6, 6.07) is 11.6. The summed E-state index contributed by atoms with van der Waals surface area (Å²) in [7, 11) is 0. The first-order valence-corrected chi connectivity index (χ1v) is 9.27. The average molecular weight is 403 g/mol. The van der Waals surface area contributed by atoms with Crippen LogP contribution in [0.2, 0.25) is 5.02 Å². The first kappa shape index (κ1) is 18.9. The summed E-state index contributed by atoms with van der Waals surface area (Å²) >= 11 is 7.20. The molecule has 1 aromatic heterocycles. The Labute approximate surface area is 164 Å². The summed E-state index contributed by atoms with van der Waals surface area (Å²) in [5.41, 5.74) is 2.06. The molecule has 138 valence electrons. The second kappa shape index (κ2) is 8.24. The number of carbonyl (C=O) groups excluding carboxylic acids is 1. The van der Waals surface area contributed by atoms with Crippen LogP contribution in [-0.4, -0.2) is 26.1 Å². The SMILES string of the molecule is Cc1cc([N+](=O)[O-])ccc1NC(=O)CSc1nccn1-c1ccc(Cl)cc1. The number of non-ortho nitro benzene ring substituents is 1. The van der Waals surface area contributed by atoms with Crippen LogP contribution in [0.1, 0.15) is 5.56 Å². The number of benzene rings is 2. The van der Waals surface area contributed by atoms with Gasteiger partial charge in [-0.25, -0.2) is 4.98 Å². The number of carbonyl (C=O) groups is 1. The Kier molecular flexibility index (Phi) is 5.78. The van der Waals surface area contributed by atoms with Crippen LogP contribution in [0.3, 0.4) is 0 Å². The van der Waals surface area contributed by atoms with E-state index in [1.54, 1.807) is 25.3 Å². The molecule has 3 rings (SSSR count). The molecule has 0 saturated heterocycles. The van der Waals surface area contributed by atoms with E-state index >= 15 is 0 Å². The Hall–Kier alpha value is -2.84. The minimum absolute atomic E-state index is 0.00938. The first-order valence-electron chi connectivity index (χ1n) is 7.91. The van der Waals surface area contributed by atoms with Crippen molar-refractivity contribution in [1.29, 1.82) is 0 Å². The van der Waals surface area contributed by atoms with E-state index in [4.69, 9.17) is 11.6 Å². The standard InChI is InChI=1S/C18H15ClN4O3S/c1-12-10-15(23(25)26)6-7-16(12)21-17(24)11-27-18-20-8-9-22(18)14-4-2-13(19)3-5-14/h2-10H,11H2,1H3,(H,21,24). The molecule has 0 bridgehead atoms. The van der Waals surface area contributed by atoms with E-state index in [-0.39, 0.29) is 17.3 Å². The van der Waals surface area contributed by atoms with E-state index in [2.05, 4.69) is 10.3 Å². The van der Waals surface area contributed by atoms with Crippen LogP contribution in [0.5, 0.6) is 0 Å². The number of aromatic nitrogens is 2. The summed E-state index contributed by atoms with van der Waals surface area (Å²) in [6.45, 7) is 1.71. The van der Waals surface area contributed by atoms with Crippen LogP contribution >= 0.6 is 23.4 Å². The average Bonchev–Trinajstić information content (AvgIpc) is 3.10. The second-order valence-corrected chi connectivity index (χ2v) is 7.03. The van der Waals surface area contributed by atoms with E-state index in [1.807, 2.05) is 22.9 Å². The van der Waals surface area contributed by atoms with Gasteiger partial charge in [0, 0.05) is 40.9 Å². The van der Waals surface area contributed by atoms with Gasteiger partial charge < -0.3 is 5.32 Å². The van der Waals surface area contributed by atoms with Crippen LogP contribution in [0.15, 0.2) is 60.0 Å². The number of anilines is 1. The van der Waals surface area contributed by atoms with Crippen molar-refractivity contribution in [2.45, 2.75) is 12.1 Å². The van der Waals surface area contributed by atoms with Crippen molar-refractivity contribution in [3.8, 4) is 5.69 Å². The molecule has 0 radical (unpaired) electrons. The van der Waals surface area contributed by atoms with E-state index in [0.29, 0.717) is 21.4 Å². The Bertz CT molecular complexity index is 989. The third-order valence-electron chi connectivity index (χ3n) is 3.74. The van der Waals surface area contributed by atoms with Crippen LogP contribution in [-0.2, 0) is 4.79 Å². The van der Waals surface area contributed by atoms with Gasteiger partial charge in [0.25, 0.3) is 5.69 Å². The third kappa shape index (κ3) is 4.66. The highest BCUT2D eigenvalue weighted by Gasteiger charge is 2.12. The zero-order valence-electron chi connectivity index (χ0n) is 14.3. The van der Waals surface area contributed by atoms with Crippen molar-refractivity contribution in [3.05, 3.63) is 75.6 Å². The van der Waals surface area contributed by atoms with Crippen LogP contribution in [0.4, 0.5) is 11.4 Å². The monoisotopic (exact) mass is 402 g/mol. The lowest BCUT2D eigenvalue weighted by atomic mass is 10.2. The molecule has 0 unspecified atom stereocenters. The molecule has 9 heteroatoms. The number of thioether (sulfide) groups is 1. The number of nitrogens with one attached hydrogen (secondary N) is 1. The van der Waals surface area contributed by atoms with Gasteiger partial charge in [0.15, 0.2) is 5.16 Å². The van der Waals surface area contributed by atoms with E-state index in [1.165, 1.54) is 30.0 Å². The van der Waals surface area contributed by atoms with E-state index in [0.717, 1.165) is 5.69 Å². The molecule has 0 aliphatic carbocycles. The first-order chi connectivity index (χ1) is 12.9. The zero-order chi connectivity index (χ0) is 19.4. The fraction of sp³-hybridized carbons (Fsp3) is 0.111. The van der Waals surface area contributed by atoms with Crippen molar-refractivity contribution >= 4 is 40.6 Å². The fourth-order valence-corrected chi connectivity index (χ4v) is 3.31. The number of nitro benzene ring substituents is 1. The number of amides is 1. The normalized spacial score (nSPS) is 10.6. The van der Waals surface area contributed by atoms with Gasteiger partial charge in [-0.15, -0.1) is 0 Å². The lowest BCUT2D eigenvalue weighted by Gasteiger charge is -2.09. The number of aryl methyl sites for hydroxylation is 1. The van der Waals surface area contributed by atoms with Crippen molar-refractivity contribution in [2.75, 3.05) is 11.1 Å². The quantitative estimate of drug-likeness (QED) is 0.373. The highest BCUT2D eigenvalue weighted by molar-refractivity contribution is 7.99. The summed E-state index contributed by atoms with van der Waals surface area (Å²) in [5.74, 6) is -0.0660. The molecule has 0 aliphatic rings. The minimum Gasteiger partial charge on any atom is -0.325 e. The van der Waals surface area contributed by atoms with E-state index in [9.17, 15) is 14.9 Å². The van der Waals surface area contributed by atoms with Gasteiger partial charge in [0.2, 0.25) is 5.91 Å². The maximum absolute atomic E-state index is 12.3. The predicted octanol–water partition coefficient (Wildman–Crippen LogP) is 4.47. The molecule has 0 fully saturated rings. The highest BCUT2D eigenvalue weighted by Crippen LogP contribution is 2.24. The Morgan fingerprint density at radius 3 is 2.70 bits per heavy atom. The number of imidazole rings is 1. The van der Waals surface area contributed by atoms with Gasteiger partial charge >= 0.3 is 0 Å². The number of hydrogen-bond acceptors (Lipinski definition) is 5. The lowest BCUT2D eigenvalue weighted by molar-refractivity contribution is -0.384. The topological polar surface area (TPSA) is 90.1 Å². The molecule has 1 amide bonds. The highest BCUT2D eigenvalue weighted by atomic mass is 35.5. The Morgan fingerprint density at radius 1 is 1.30 bits per heavy atom. The number of halogens is 1. The van der Waals surface area contributed by atoms with Gasteiger partial charge in [-0.05, 0) is 42.8 Å².